The highest BCUT2D eigenvalue weighted by atomic mass is 16.5. The van der Waals surface area contributed by atoms with Gasteiger partial charge in [0.15, 0.2) is 11.5 Å². The Bertz CT molecular complexity index is 450. The standard InChI is InChI=1S/C17H27NO3/c1-4-5-12-6-7-15(19)13(10-12)11-14-17(21-3)16(20-2)8-9-18-14/h8-9,12-13,15,19H,4-7,10-11H2,1-3H3. The molecule has 1 fully saturated rings. The molecule has 1 aromatic heterocycles. The maximum absolute atomic E-state index is 10.3. The van der Waals surface area contributed by atoms with E-state index in [4.69, 9.17) is 9.47 Å². The van der Waals surface area contributed by atoms with Crippen LogP contribution in [-0.2, 0) is 6.42 Å². The molecule has 1 aliphatic carbocycles. The van der Waals surface area contributed by atoms with Gasteiger partial charge in [-0.2, -0.15) is 0 Å². The minimum absolute atomic E-state index is 0.226. The van der Waals surface area contributed by atoms with E-state index in [0.717, 1.165) is 37.3 Å². The van der Waals surface area contributed by atoms with Gasteiger partial charge in [-0.05, 0) is 37.5 Å². The van der Waals surface area contributed by atoms with E-state index in [-0.39, 0.29) is 12.0 Å². The molecule has 2 rings (SSSR count). The fourth-order valence-corrected chi connectivity index (χ4v) is 3.48. The summed E-state index contributed by atoms with van der Waals surface area (Å²) in [4.78, 5) is 4.44. The number of ether oxygens (including phenoxy) is 2. The molecule has 0 aromatic carbocycles. The van der Waals surface area contributed by atoms with Crippen molar-refractivity contribution in [2.75, 3.05) is 14.2 Å². The van der Waals surface area contributed by atoms with Crippen molar-refractivity contribution in [2.24, 2.45) is 11.8 Å². The summed E-state index contributed by atoms with van der Waals surface area (Å²) >= 11 is 0. The van der Waals surface area contributed by atoms with E-state index in [9.17, 15) is 5.11 Å². The number of hydrogen-bond donors (Lipinski definition) is 1. The van der Waals surface area contributed by atoms with Crippen LogP contribution in [0.1, 0.15) is 44.7 Å². The van der Waals surface area contributed by atoms with Gasteiger partial charge >= 0.3 is 0 Å². The van der Waals surface area contributed by atoms with Gasteiger partial charge in [-0.25, -0.2) is 0 Å². The van der Waals surface area contributed by atoms with E-state index < -0.39 is 0 Å². The predicted molar refractivity (Wildman–Crippen MR) is 82.8 cm³/mol. The molecule has 0 bridgehead atoms. The Kier molecular flexibility index (Phi) is 5.85. The monoisotopic (exact) mass is 293 g/mol. The molecule has 1 aliphatic rings. The van der Waals surface area contributed by atoms with Crippen molar-refractivity contribution in [1.82, 2.24) is 4.98 Å². The van der Waals surface area contributed by atoms with Crippen LogP contribution in [0.3, 0.4) is 0 Å². The van der Waals surface area contributed by atoms with Gasteiger partial charge in [0.25, 0.3) is 0 Å². The second kappa shape index (κ2) is 7.64. The van der Waals surface area contributed by atoms with E-state index in [1.54, 1.807) is 26.5 Å². The molecule has 21 heavy (non-hydrogen) atoms. The van der Waals surface area contributed by atoms with Crippen molar-refractivity contribution in [1.29, 1.82) is 0 Å². The first-order chi connectivity index (χ1) is 10.2. The number of aliphatic hydroxyl groups excluding tert-OH is 1. The van der Waals surface area contributed by atoms with Gasteiger partial charge in [-0.1, -0.05) is 19.8 Å². The summed E-state index contributed by atoms with van der Waals surface area (Å²) < 4.78 is 10.8. The largest absolute Gasteiger partial charge is 0.493 e. The summed E-state index contributed by atoms with van der Waals surface area (Å²) in [6.45, 7) is 2.23. The minimum Gasteiger partial charge on any atom is -0.493 e. The summed E-state index contributed by atoms with van der Waals surface area (Å²) in [5, 5.41) is 10.3. The van der Waals surface area contributed by atoms with Crippen molar-refractivity contribution >= 4 is 0 Å². The van der Waals surface area contributed by atoms with Crippen LogP contribution in [0.15, 0.2) is 12.3 Å². The molecule has 118 valence electrons. The molecule has 1 heterocycles. The Morgan fingerprint density at radius 1 is 1.29 bits per heavy atom. The summed E-state index contributed by atoms with van der Waals surface area (Å²) in [7, 11) is 3.27. The zero-order valence-electron chi connectivity index (χ0n) is 13.3. The second-order valence-corrected chi connectivity index (χ2v) is 5.99. The third-order valence-corrected chi connectivity index (χ3v) is 4.57. The molecule has 4 nitrogen and oxygen atoms in total. The van der Waals surface area contributed by atoms with E-state index in [1.807, 2.05) is 0 Å². The van der Waals surface area contributed by atoms with Crippen LogP contribution >= 0.6 is 0 Å². The maximum atomic E-state index is 10.3. The van der Waals surface area contributed by atoms with Gasteiger partial charge in [0, 0.05) is 12.3 Å². The molecular weight excluding hydrogens is 266 g/mol. The second-order valence-electron chi connectivity index (χ2n) is 5.99. The average Bonchev–Trinajstić information content (AvgIpc) is 2.50. The summed E-state index contributed by atoms with van der Waals surface area (Å²) in [5.41, 5.74) is 0.887. The zero-order chi connectivity index (χ0) is 15.2. The zero-order valence-corrected chi connectivity index (χ0v) is 13.3. The van der Waals surface area contributed by atoms with Crippen LogP contribution in [0.5, 0.6) is 11.5 Å². The molecular formula is C17H27NO3. The molecule has 0 amide bonds. The van der Waals surface area contributed by atoms with Crippen LogP contribution in [0.2, 0.25) is 0 Å². The lowest BCUT2D eigenvalue weighted by molar-refractivity contribution is 0.0455. The first kappa shape index (κ1) is 16.1. The predicted octanol–water partition coefficient (Wildman–Crippen LogP) is 3.22. The first-order valence-corrected chi connectivity index (χ1v) is 7.93. The number of aromatic nitrogens is 1. The quantitative estimate of drug-likeness (QED) is 0.875. The van der Waals surface area contributed by atoms with Crippen molar-refractivity contribution in [2.45, 2.75) is 51.6 Å². The Balaban J connectivity index is 2.12. The lowest BCUT2D eigenvalue weighted by Gasteiger charge is -2.33. The number of pyridine rings is 1. The lowest BCUT2D eigenvalue weighted by atomic mass is 9.76. The van der Waals surface area contributed by atoms with Crippen molar-refractivity contribution in [3.05, 3.63) is 18.0 Å². The Morgan fingerprint density at radius 3 is 2.76 bits per heavy atom. The topological polar surface area (TPSA) is 51.6 Å². The smallest absolute Gasteiger partial charge is 0.182 e. The van der Waals surface area contributed by atoms with Gasteiger partial charge in [0.05, 0.1) is 26.0 Å². The third-order valence-electron chi connectivity index (χ3n) is 4.57. The Labute approximate surface area is 127 Å². The lowest BCUT2D eigenvalue weighted by Crippen LogP contribution is -2.31. The van der Waals surface area contributed by atoms with E-state index in [0.29, 0.717) is 11.5 Å². The van der Waals surface area contributed by atoms with E-state index >= 15 is 0 Å². The van der Waals surface area contributed by atoms with Gasteiger partial charge in [-0.15, -0.1) is 0 Å². The van der Waals surface area contributed by atoms with Crippen molar-refractivity contribution < 1.29 is 14.6 Å². The average molecular weight is 293 g/mol. The van der Waals surface area contributed by atoms with Crippen LogP contribution in [0, 0.1) is 11.8 Å². The van der Waals surface area contributed by atoms with Crippen LogP contribution in [0.4, 0.5) is 0 Å². The molecule has 0 aliphatic heterocycles. The molecule has 3 atom stereocenters. The molecule has 1 saturated carbocycles. The first-order valence-electron chi connectivity index (χ1n) is 7.93. The van der Waals surface area contributed by atoms with E-state index in [2.05, 4.69) is 11.9 Å². The summed E-state index contributed by atoms with van der Waals surface area (Å²) in [5.74, 6) is 2.41. The number of rotatable bonds is 6. The molecule has 0 radical (unpaired) electrons. The van der Waals surface area contributed by atoms with Crippen LogP contribution in [0.25, 0.3) is 0 Å². The van der Waals surface area contributed by atoms with Crippen molar-refractivity contribution in [3.8, 4) is 11.5 Å². The number of methoxy groups -OCH3 is 2. The number of hydrogen-bond acceptors (Lipinski definition) is 4. The highest BCUT2D eigenvalue weighted by molar-refractivity contribution is 5.42. The number of nitrogens with zero attached hydrogens (tertiary/aromatic N) is 1. The molecule has 1 aromatic rings. The Morgan fingerprint density at radius 2 is 2.10 bits per heavy atom. The SMILES string of the molecule is CCCC1CCC(O)C(Cc2nccc(OC)c2OC)C1. The Hall–Kier alpha value is -1.29. The normalized spacial score (nSPS) is 25.6. The summed E-state index contributed by atoms with van der Waals surface area (Å²) in [6.07, 6.45) is 7.88. The molecule has 0 spiro atoms. The third kappa shape index (κ3) is 3.88. The van der Waals surface area contributed by atoms with Crippen LogP contribution in [-0.4, -0.2) is 30.4 Å². The molecule has 3 unspecified atom stereocenters. The van der Waals surface area contributed by atoms with Gasteiger partial charge in [-0.3, -0.25) is 4.98 Å². The highest BCUT2D eigenvalue weighted by Gasteiger charge is 2.30. The van der Waals surface area contributed by atoms with E-state index in [1.165, 1.54) is 12.8 Å². The molecule has 1 N–H and O–H groups in total. The molecule has 0 saturated heterocycles. The number of aliphatic hydroxyl groups is 1. The van der Waals surface area contributed by atoms with Crippen LogP contribution < -0.4 is 9.47 Å². The fourth-order valence-electron chi connectivity index (χ4n) is 3.48. The van der Waals surface area contributed by atoms with Gasteiger partial charge in [0.1, 0.15) is 0 Å². The highest BCUT2D eigenvalue weighted by Crippen LogP contribution is 2.37. The minimum atomic E-state index is -0.226. The molecule has 4 heteroatoms. The summed E-state index contributed by atoms with van der Waals surface area (Å²) in [6, 6.07) is 1.81. The van der Waals surface area contributed by atoms with Gasteiger partial charge in [0.2, 0.25) is 0 Å². The van der Waals surface area contributed by atoms with Crippen molar-refractivity contribution in [3.63, 3.8) is 0 Å². The maximum Gasteiger partial charge on any atom is 0.182 e. The fraction of sp³-hybridized carbons (Fsp3) is 0.706. The van der Waals surface area contributed by atoms with Gasteiger partial charge < -0.3 is 14.6 Å².